The van der Waals surface area contributed by atoms with Crippen LogP contribution in [0.4, 0.5) is 0 Å². The van der Waals surface area contributed by atoms with Crippen molar-refractivity contribution in [3.8, 4) is 87.4 Å². The quantitative estimate of drug-likeness (QED) is 0.102. The Hall–Kier alpha value is -9.37. The fourth-order valence-corrected chi connectivity index (χ4v) is 6.65. The van der Waals surface area contributed by atoms with E-state index in [1.807, 2.05) is 30.3 Å². The zero-order chi connectivity index (χ0) is 44.2. The van der Waals surface area contributed by atoms with Gasteiger partial charge in [0.1, 0.15) is 26.4 Å². The van der Waals surface area contributed by atoms with E-state index >= 15 is 0 Å². The van der Waals surface area contributed by atoms with Gasteiger partial charge in [0.2, 0.25) is 48.2 Å². The third-order valence-corrected chi connectivity index (χ3v) is 9.73. The Morgan fingerprint density at radius 3 is 1.45 bits per heavy atom. The van der Waals surface area contributed by atoms with Crippen molar-refractivity contribution in [2.45, 2.75) is 0 Å². The number of hydrogen-bond donors (Lipinski definition) is 6. The molecule has 12 rings (SSSR count). The molecule has 64 heavy (non-hydrogen) atoms. The van der Waals surface area contributed by atoms with Crippen LogP contribution in [0.1, 0.15) is 33.9 Å². The highest BCUT2D eigenvalue weighted by Crippen LogP contribution is 2.47. The second-order valence-corrected chi connectivity index (χ2v) is 13.7. The third-order valence-electron chi connectivity index (χ3n) is 9.73. The minimum atomic E-state index is -0.258. The maximum absolute atomic E-state index is 9.61. The molecule has 0 aliphatic carbocycles. The van der Waals surface area contributed by atoms with E-state index in [0.29, 0.717) is 81.6 Å². The molecule has 0 amide bonds. The number of hydrogen-bond acceptors (Lipinski definition) is 19. The lowest BCUT2D eigenvalue weighted by atomic mass is 10.1. The van der Waals surface area contributed by atoms with E-state index in [1.54, 1.807) is 30.4 Å². The molecule has 0 saturated heterocycles. The van der Waals surface area contributed by atoms with Gasteiger partial charge in [-0.15, -0.1) is 26.8 Å². The molecule has 320 valence electrons. The first-order valence-corrected chi connectivity index (χ1v) is 18.9. The summed E-state index contributed by atoms with van der Waals surface area (Å²) in [5.41, 5.74) is 6.06. The number of terminal acetylenes is 1. The average molecular weight is 866 g/mol. The zero-order valence-corrected chi connectivity index (χ0v) is 32.9. The predicted molar refractivity (Wildman–Crippen MR) is 221 cm³/mol. The van der Waals surface area contributed by atoms with Crippen molar-refractivity contribution in [1.29, 1.82) is 5.26 Å². The number of aromatic hydroxyl groups is 4. The fraction of sp³-hybridized carbons (Fsp3) is 0.140. The molecule has 21 nitrogen and oxygen atoms in total. The van der Waals surface area contributed by atoms with E-state index in [2.05, 4.69) is 53.2 Å². The summed E-state index contributed by atoms with van der Waals surface area (Å²) in [5.74, 6) is 7.19. The second-order valence-electron chi connectivity index (χ2n) is 13.7. The number of benzene rings is 4. The van der Waals surface area contributed by atoms with Gasteiger partial charge in [-0.05, 0) is 83.3 Å². The molecule has 0 saturated carbocycles. The fourth-order valence-electron chi connectivity index (χ4n) is 6.65. The molecule has 0 spiro atoms. The first-order valence-electron chi connectivity index (χ1n) is 18.9. The van der Waals surface area contributed by atoms with Crippen LogP contribution in [0.3, 0.4) is 0 Å². The molecule has 2 aromatic heterocycles. The van der Waals surface area contributed by atoms with Crippen LogP contribution >= 0.6 is 0 Å². The van der Waals surface area contributed by atoms with Crippen molar-refractivity contribution in [3.05, 3.63) is 93.6 Å². The Balaban J connectivity index is 0.000000109. The smallest absolute Gasteiger partial charge is 0.231 e. The highest BCUT2D eigenvalue weighted by molar-refractivity contribution is 5.86. The number of H-pyrrole nitrogens is 2. The number of nitrogens with zero attached hydrogens (tertiary/aromatic N) is 7. The van der Waals surface area contributed by atoms with Crippen molar-refractivity contribution < 1.29 is 58.3 Å². The number of ether oxygens (including phenoxy) is 8. The molecule has 8 heterocycles. The van der Waals surface area contributed by atoms with Crippen LogP contribution in [0.15, 0.2) is 59.7 Å². The summed E-state index contributed by atoms with van der Waals surface area (Å²) in [6.45, 7) is 1.60. The number of phenolic OH excluding ortho intramolecular Hbond substituents is 4. The Morgan fingerprint density at radius 2 is 0.938 bits per heavy atom. The van der Waals surface area contributed by atoms with Crippen LogP contribution in [0.25, 0.3) is 35.5 Å². The monoisotopic (exact) mass is 865 g/mol. The van der Waals surface area contributed by atoms with Gasteiger partial charge in [-0.1, -0.05) is 5.92 Å². The number of rotatable bonds is 2. The predicted octanol–water partition coefficient (Wildman–Crippen LogP) is 4.63. The highest BCUT2D eigenvalue weighted by Gasteiger charge is 2.27. The standard InChI is InChI=1S/C11H8N4O3.C11H7NO3.C11H8O3.C10H8N4O3/c1-2-8-10(18-5-17-8)9-6(1)3-7(4-16-9)11-12-14-15-13-11;12-4-7-3-8-1-2-9-11(15-6-14-9)10(8)13-5-7;1-2-7-5-8-3-4-9(12)10(13)11(8)14-6-7;15-7-2-1-5-3-6(10-11-13-14-12-10)4-17-9(5)8(7)16/h1-3H,4-5H2,(H,12,13,14,15);1-3H,5-6H2;1,3-5,12-13H,6H2;1-3,15-16H,4H2,(H,11,12,13,14). The topological polar surface area (TPSA) is 287 Å². The van der Waals surface area contributed by atoms with E-state index < -0.39 is 0 Å². The average Bonchev–Trinajstić information content (AvgIpc) is 4.20. The summed E-state index contributed by atoms with van der Waals surface area (Å²) in [6, 6.07) is 15.6. The van der Waals surface area contributed by atoms with Gasteiger partial charge in [0, 0.05) is 39.0 Å². The van der Waals surface area contributed by atoms with E-state index in [0.717, 1.165) is 22.3 Å². The van der Waals surface area contributed by atoms with E-state index in [4.69, 9.17) is 49.6 Å². The van der Waals surface area contributed by atoms with E-state index in [9.17, 15) is 20.4 Å². The summed E-state index contributed by atoms with van der Waals surface area (Å²) < 4.78 is 43.0. The van der Waals surface area contributed by atoms with Gasteiger partial charge in [-0.2, -0.15) is 15.7 Å². The third kappa shape index (κ3) is 7.98. The zero-order valence-electron chi connectivity index (χ0n) is 32.9. The molecular formula is C43H31N9O12. The van der Waals surface area contributed by atoms with Crippen molar-refractivity contribution in [2.24, 2.45) is 0 Å². The number of aromatic amines is 2. The molecule has 6 aliphatic rings. The lowest BCUT2D eigenvalue weighted by Crippen LogP contribution is -2.08. The van der Waals surface area contributed by atoms with Crippen LogP contribution in [0.2, 0.25) is 0 Å². The largest absolute Gasteiger partial charge is 0.504 e. The van der Waals surface area contributed by atoms with Gasteiger partial charge in [-0.3, -0.25) is 0 Å². The van der Waals surface area contributed by atoms with Gasteiger partial charge in [0.25, 0.3) is 0 Å². The maximum Gasteiger partial charge on any atom is 0.231 e. The minimum Gasteiger partial charge on any atom is -0.504 e. The van der Waals surface area contributed by atoms with Gasteiger partial charge >= 0.3 is 0 Å². The first-order chi connectivity index (χ1) is 31.3. The van der Waals surface area contributed by atoms with Crippen LogP contribution < -0.4 is 37.9 Å². The molecular weight excluding hydrogens is 835 g/mol. The molecule has 6 N–H and O–H groups in total. The van der Waals surface area contributed by atoms with Gasteiger partial charge in [-0.25, -0.2) is 0 Å². The van der Waals surface area contributed by atoms with Crippen molar-refractivity contribution >= 4 is 35.5 Å². The number of nitriles is 1. The van der Waals surface area contributed by atoms with Crippen LogP contribution in [-0.4, -0.2) is 102 Å². The number of nitrogens with one attached hydrogen (secondary N) is 2. The Bertz CT molecular complexity index is 2990. The summed E-state index contributed by atoms with van der Waals surface area (Å²) in [6.07, 6.45) is 12.5. The number of phenols is 4. The van der Waals surface area contributed by atoms with Crippen LogP contribution in [-0.2, 0) is 0 Å². The molecule has 21 heteroatoms. The molecule has 0 radical (unpaired) electrons. The molecule has 0 fully saturated rings. The Morgan fingerprint density at radius 1 is 0.500 bits per heavy atom. The minimum absolute atomic E-state index is 0.193. The summed E-state index contributed by atoms with van der Waals surface area (Å²) in [5, 5.41) is 73.7. The summed E-state index contributed by atoms with van der Waals surface area (Å²) in [4.78, 5) is 0. The summed E-state index contributed by atoms with van der Waals surface area (Å²) in [7, 11) is 0. The first kappa shape index (κ1) is 40.1. The van der Waals surface area contributed by atoms with Gasteiger partial charge < -0.3 is 58.3 Å². The normalized spacial score (nSPS) is 14.8. The lowest BCUT2D eigenvalue weighted by molar-refractivity contribution is 0.170. The number of fused-ring (bicyclic) bond motifs is 8. The second kappa shape index (κ2) is 17.3. The van der Waals surface area contributed by atoms with Crippen LogP contribution in [0.5, 0.6) is 69.0 Å². The van der Waals surface area contributed by atoms with Crippen molar-refractivity contribution in [2.75, 3.05) is 40.0 Å². The number of aromatic nitrogens is 8. The number of tetrazole rings is 2. The molecule has 6 aliphatic heterocycles. The van der Waals surface area contributed by atoms with Gasteiger partial charge in [0.15, 0.2) is 46.0 Å². The lowest BCUT2D eigenvalue weighted by Gasteiger charge is -2.17. The van der Waals surface area contributed by atoms with Crippen LogP contribution in [0, 0.1) is 23.7 Å². The van der Waals surface area contributed by atoms with Gasteiger partial charge in [0.05, 0.1) is 11.6 Å². The maximum atomic E-state index is 9.61. The Labute approximate surface area is 360 Å². The molecule has 6 aromatic rings. The van der Waals surface area contributed by atoms with E-state index in [1.165, 1.54) is 12.1 Å². The van der Waals surface area contributed by atoms with Crippen molar-refractivity contribution in [3.63, 3.8) is 0 Å². The van der Waals surface area contributed by atoms with E-state index in [-0.39, 0.29) is 61.3 Å². The Kier molecular flexibility index (Phi) is 10.8. The molecule has 0 unspecified atom stereocenters. The SMILES string of the molecule is C#CC1=Cc2ccc(O)c(O)c2OC1.C1=C(c2nn[nH]n2)COc2c1ccc1c2OCO1.N#CC1=Cc2ccc3c(c2OC1)OCO3.Oc1ccc2c(c1O)OCC(c1nn[nH]n1)=C2. The summed E-state index contributed by atoms with van der Waals surface area (Å²) >= 11 is 0. The molecule has 0 bridgehead atoms. The van der Waals surface area contributed by atoms with Crippen molar-refractivity contribution in [1.82, 2.24) is 41.2 Å². The highest BCUT2D eigenvalue weighted by atomic mass is 16.7. The molecule has 4 aromatic carbocycles. The molecule has 0 atom stereocenters.